The average molecular weight is 236 g/mol. The van der Waals surface area contributed by atoms with Crippen molar-refractivity contribution < 1.29 is 18.7 Å². The number of epoxide rings is 1. The van der Waals surface area contributed by atoms with Gasteiger partial charge in [0.15, 0.2) is 0 Å². The quantitative estimate of drug-likeness (QED) is 0.431. The van der Waals surface area contributed by atoms with Crippen LogP contribution in [-0.2, 0) is 13.6 Å². The first-order valence-corrected chi connectivity index (χ1v) is 6.59. The van der Waals surface area contributed by atoms with Gasteiger partial charge < -0.3 is 18.7 Å². The molecule has 1 aliphatic rings. The lowest BCUT2D eigenvalue weighted by atomic mass is 10.2. The molecule has 0 aromatic rings. The Labute approximate surface area is 95.0 Å². The molecule has 15 heavy (non-hydrogen) atoms. The van der Waals surface area contributed by atoms with Crippen LogP contribution >= 0.6 is 0 Å². The second-order valence-electron chi connectivity index (χ2n) is 4.42. The molecule has 0 saturated carbocycles. The molecule has 0 spiro atoms. The molecule has 1 atom stereocenters. The topological polar surface area (TPSA) is 51.2 Å². The summed E-state index contributed by atoms with van der Waals surface area (Å²) in [6.45, 7) is 10.1. The largest absolute Gasteiger partial charge is 0.399 e. The standard InChI is InChI=1S/C7H18O2Si.C3H6O2/c1-5-6-8-10-9-7(2,3)4;4-1-3-2-5-3/h5-6,10H2,1-4H3;3-4H,1-2H2. The molecule has 1 fully saturated rings. The molecule has 0 amide bonds. The average Bonchev–Trinajstić information content (AvgIpc) is 2.95. The van der Waals surface area contributed by atoms with Crippen LogP contribution in [0.15, 0.2) is 0 Å². The number of aliphatic hydroxyl groups excluding tert-OH is 1. The van der Waals surface area contributed by atoms with Crippen molar-refractivity contribution in [1.82, 2.24) is 0 Å². The third-order valence-corrected chi connectivity index (χ3v) is 2.97. The van der Waals surface area contributed by atoms with Gasteiger partial charge in [0, 0.05) is 12.2 Å². The summed E-state index contributed by atoms with van der Waals surface area (Å²) < 4.78 is 15.3. The fraction of sp³-hybridized carbons (Fsp3) is 1.00. The molecule has 1 saturated heterocycles. The zero-order chi connectivity index (χ0) is 11.7. The lowest BCUT2D eigenvalue weighted by Gasteiger charge is -2.19. The van der Waals surface area contributed by atoms with Crippen molar-refractivity contribution >= 4 is 10.0 Å². The van der Waals surface area contributed by atoms with Crippen LogP contribution in [0.1, 0.15) is 34.1 Å². The summed E-state index contributed by atoms with van der Waals surface area (Å²) in [5.41, 5.74) is -0.0139. The molecule has 5 heteroatoms. The van der Waals surface area contributed by atoms with Gasteiger partial charge in [-0.2, -0.15) is 0 Å². The number of hydrogen-bond donors (Lipinski definition) is 1. The Balaban J connectivity index is 0.000000322. The van der Waals surface area contributed by atoms with Crippen LogP contribution in [-0.4, -0.2) is 46.6 Å². The van der Waals surface area contributed by atoms with E-state index in [1.54, 1.807) is 0 Å². The smallest absolute Gasteiger partial charge is 0.304 e. The predicted octanol–water partition coefficient (Wildman–Crippen LogP) is 0.604. The lowest BCUT2D eigenvalue weighted by Crippen LogP contribution is -2.23. The highest BCUT2D eigenvalue weighted by molar-refractivity contribution is 6.18. The third kappa shape index (κ3) is 14.1. The van der Waals surface area contributed by atoms with Gasteiger partial charge in [-0.3, -0.25) is 0 Å². The van der Waals surface area contributed by atoms with E-state index in [-0.39, 0.29) is 18.3 Å². The van der Waals surface area contributed by atoms with Crippen molar-refractivity contribution in [1.29, 1.82) is 0 Å². The van der Waals surface area contributed by atoms with Crippen molar-refractivity contribution in [3.8, 4) is 0 Å². The Morgan fingerprint density at radius 1 is 1.47 bits per heavy atom. The molecule has 0 aliphatic carbocycles. The van der Waals surface area contributed by atoms with Gasteiger partial charge in [0.1, 0.15) is 6.10 Å². The molecule has 1 aliphatic heterocycles. The number of hydrogen-bond acceptors (Lipinski definition) is 4. The molecule has 1 unspecified atom stereocenters. The maximum atomic E-state index is 8.08. The van der Waals surface area contributed by atoms with Gasteiger partial charge in [0.2, 0.25) is 0 Å². The Bertz CT molecular complexity index is 143. The van der Waals surface area contributed by atoms with E-state index in [2.05, 4.69) is 32.4 Å². The van der Waals surface area contributed by atoms with Gasteiger partial charge in [0.05, 0.1) is 13.2 Å². The van der Waals surface area contributed by atoms with E-state index in [1.165, 1.54) is 0 Å². The van der Waals surface area contributed by atoms with Crippen LogP contribution in [0, 0.1) is 0 Å². The Morgan fingerprint density at radius 3 is 2.33 bits per heavy atom. The Hall–Kier alpha value is 0.0569. The summed E-state index contributed by atoms with van der Waals surface area (Å²) in [6.07, 6.45) is 1.27. The molecule has 1 rings (SSSR count). The first kappa shape index (κ1) is 15.1. The van der Waals surface area contributed by atoms with Crippen molar-refractivity contribution in [3.63, 3.8) is 0 Å². The molecule has 1 heterocycles. The normalized spacial score (nSPS) is 20.2. The number of ether oxygens (including phenoxy) is 1. The summed E-state index contributed by atoms with van der Waals surface area (Å²) in [5.74, 6) is 0. The lowest BCUT2D eigenvalue weighted by molar-refractivity contribution is 0.0986. The van der Waals surface area contributed by atoms with Crippen LogP contribution in [0.3, 0.4) is 0 Å². The van der Waals surface area contributed by atoms with Crippen molar-refractivity contribution in [3.05, 3.63) is 0 Å². The summed E-state index contributed by atoms with van der Waals surface area (Å²) in [7, 11) is -0.704. The van der Waals surface area contributed by atoms with E-state index >= 15 is 0 Å². The Morgan fingerprint density at radius 2 is 2.07 bits per heavy atom. The van der Waals surface area contributed by atoms with Crippen LogP contribution in [0.4, 0.5) is 0 Å². The second-order valence-corrected chi connectivity index (χ2v) is 5.35. The highest BCUT2D eigenvalue weighted by Crippen LogP contribution is 2.05. The maximum Gasteiger partial charge on any atom is 0.304 e. The molecule has 1 N–H and O–H groups in total. The van der Waals surface area contributed by atoms with E-state index in [4.69, 9.17) is 14.0 Å². The first-order valence-electron chi connectivity index (χ1n) is 5.43. The molecular weight excluding hydrogens is 212 g/mol. The first-order chi connectivity index (χ1) is 6.99. The van der Waals surface area contributed by atoms with E-state index in [9.17, 15) is 0 Å². The van der Waals surface area contributed by atoms with Crippen LogP contribution in [0.2, 0.25) is 0 Å². The van der Waals surface area contributed by atoms with Gasteiger partial charge in [-0.25, -0.2) is 0 Å². The van der Waals surface area contributed by atoms with Crippen LogP contribution in [0.5, 0.6) is 0 Å². The highest BCUT2D eigenvalue weighted by Gasteiger charge is 2.19. The van der Waals surface area contributed by atoms with Gasteiger partial charge in [0.25, 0.3) is 0 Å². The summed E-state index contributed by atoms with van der Waals surface area (Å²) in [5, 5.41) is 8.08. The van der Waals surface area contributed by atoms with Crippen LogP contribution in [0.25, 0.3) is 0 Å². The molecule has 0 bridgehead atoms. The van der Waals surface area contributed by atoms with E-state index in [1.807, 2.05) is 0 Å². The number of rotatable bonds is 5. The van der Waals surface area contributed by atoms with E-state index < -0.39 is 10.0 Å². The molecule has 0 radical (unpaired) electrons. The van der Waals surface area contributed by atoms with E-state index in [0.717, 1.165) is 19.6 Å². The highest BCUT2D eigenvalue weighted by atomic mass is 28.3. The zero-order valence-electron chi connectivity index (χ0n) is 10.3. The minimum absolute atomic E-state index is 0.0139. The van der Waals surface area contributed by atoms with Crippen molar-refractivity contribution in [2.45, 2.75) is 45.8 Å². The van der Waals surface area contributed by atoms with Crippen LogP contribution < -0.4 is 0 Å². The fourth-order valence-corrected chi connectivity index (χ4v) is 1.44. The third-order valence-electron chi connectivity index (χ3n) is 1.53. The van der Waals surface area contributed by atoms with Gasteiger partial charge >= 0.3 is 10.0 Å². The SMILES string of the molecule is CCCO[SiH2]OC(C)(C)C.OCC1CO1. The molecule has 92 valence electrons. The zero-order valence-corrected chi connectivity index (χ0v) is 11.7. The molecule has 4 nitrogen and oxygen atoms in total. The minimum Gasteiger partial charge on any atom is -0.399 e. The Kier molecular flexibility index (Phi) is 8.27. The number of aliphatic hydroxyl groups is 1. The van der Waals surface area contributed by atoms with Gasteiger partial charge in [-0.1, -0.05) is 6.92 Å². The summed E-state index contributed by atoms with van der Waals surface area (Å²) in [6, 6.07) is 0. The van der Waals surface area contributed by atoms with E-state index in [0.29, 0.717) is 0 Å². The molecule has 0 aromatic carbocycles. The summed E-state index contributed by atoms with van der Waals surface area (Å²) in [4.78, 5) is 0. The molecular formula is C10H24O4Si. The summed E-state index contributed by atoms with van der Waals surface area (Å²) >= 11 is 0. The molecule has 0 aromatic heterocycles. The van der Waals surface area contributed by atoms with Gasteiger partial charge in [-0.05, 0) is 27.2 Å². The van der Waals surface area contributed by atoms with Crippen molar-refractivity contribution in [2.75, 3.05) is 19.8 Å². The van der Waals surface area contributed by atoms with Crippen molar-refractivity contribution in [2.24, 2.45) is 0 Å². The van der Waals surface area contributed by atoms with Gasteiger partial charge in [-0.15, -0.1) is 0 Å². The fourth-order valence-electron chi connectivity index (χ4n) is 0.595. The monoisotopic (exact) mass is 236 g/mol. The minimum atomic E-state index is -0.704. The maximum absolute atomic E-state index is 8.08. The predicted molar refractivity (Wildman–Crippen MR) is 62.5 cm³/mol. The second kappa shape index (κ2) is 8.24.